The second-order valence-corrected chi connectivity index (χ2v) is 7.09. The van der Waals surface area contributed by atoms with Crippen LogP contribution in [0.4, 0.5) is 11.5 Å². The summed E-state index contributed by atoms with van der Waals surface area (Å²) in [6.45, 7) is 0. The summed E-state index contributed by atoms with van der Waals surface area (Å²) in [6, 6.07) is 5.21. The molecular weight excluding hydrogens is 330 g/mol. The number of hydrogen-bond acceptors (Lipinski definition) is 5. The predicted octanol–water partition coefficient (Wildman–Crippen LogP) is 3.39. The first-order valence-corrected chi connectivity index (χ1v) is 9.11. The summed E-state index contributed by atoms with van der Waals surface area (Å²) >= 11 is 0. The number of rotatable bonds is 3. The van der Waals surface area contributed by atoms with Gasteiger partial charge in [0.05, 0.1) is 12.7 Å². The maximum absolute atomic E-state index is 12.9. The highest BCUT2D eigenvalue weighted by Crippen LogP contribution is 2.42. The molecule has 26 heavy (non-hydrogen) atoms. The molecule has 3 N–H and O–H groups in total. The van der Waals surface area contributed by atoms with Gasteiger partial charge in [-0.05, 0) is 35.9 Å². The minimum absolute atomic E-state index is 0.0890. The van der Waals surface area contributed by atoms with Crippen molar-refractivity contribution < 1.29 is 9.43 Å². The number of nitrogens with two attached hydrogens (primary N) is 1. The number of nitrogen functional groups attached to an aromatic ring is 1. The van der Waals surface area contributed by atoms with Crippen LogP contribution in [0.3, 0.4) is 0 Å². The van der Waals surface area contributed by atoms with Gasteiger partial charge < -0.3 is 10.5 Å². The summed E-state index contributed by atoms with van der Waals surface area (Å²) in [5, 5.41) is 4.73. The molecule has 0 radical (unpaired) electrons. The Morgan fingerprint density at radius 2 is 2.04 bits per heavy atom. The van der Waals surface area contributed by atoms with Gasteiger partial charge >= 0.3 is 5.82 Å². The molecule has 2 aliphatic rings. The highest BCUT2D eigenvalue weighted by molar-refractivity contribution is 5.68. The molecule has 7 nitrogen and oxygen atoms in total. The molecule has 136 valence electrons. The zero-order chi connectivity index (χ0) is 18.3. The molecule has 2 aromatic rings. The van der Waals surface area contributed by atoms with E-state index in [-0.39, 0.29) is 11.6 Å². The van der Waals surface area contributed by atoms with Crippen LogP contribution in [0.1, 0.15) is 43.7 Å². The van der Waals surface area contributed by atoms with Crippen LogP contribution in [0.5, 0.6) is 5.75 Å². The Hall–Kier alpha value is -2.70. The topological polar surface area (TPSA) is 96.4 Å². The maximum atomic E-state index is 12.9. The number of H-pyrrole nitrogens is 1. The lowest BCUT2D eigenvalue weighted by atomic mass is 9.82. The highest BCUT2D eigenvalue weighted by atomic mass is 16.5. The van der Waals surface area contributed by atoms with E-state index < -0.39 is 0 Å². The summed E-state index contributed by atoms with van der Waals surface area (Å²) in [4.78, 5) is 20.6. The third-order valence-electron chi connectivity index (χ3n) is 5.41. The van der Waals surface area contributed by atoms with Crippen molar-refractivity contribution in [1.29, 1.82) is 0 Å². The number of anilines is 1. The molecule has 7 heteroatoms. The zero-order valence-corrected chi connectivity index (χ0v) is 15.2. The SMILES string of the molecule is COc1cc(N)ccc1-c1nc2c(c(=O)[nH]1)C(C1CCCCC1)N=[N+]2C. The van der Waals surface area contributed by atoms with Crippen LogP contribution in [-0.2, 0) is 0 Å². The van der Waals surface area contributed by atoms with E-state index >= 15 is 0 Å². The van der Waals surface area contributed by atoms with Crippen LogP contribution in [0.15, 0.2) is 28.1 Å². The lowest BCUT2D eigenvalue weighted by molar-refractivity contribution is -0.482. The van der Waals surface area contributed by atoms with E-state index in [0.29, 0.717) is 40.1 Å². The Morgan fingerprint density at radius 1 is 1.27 bits per heavy atom. The zero-order valence-electron chi connectivity index (χ0n) is 15.2. The Labute approximate surface area is 151 Å². The molecule has 1 aromatic carbocycles. The molecular formula is C19H24N5O2+. The van der Waals surface area contributed by atoms with Crippen LogP contribution < -0.4 is 16.0 Å². The first-order chi connectivity index (χ1) is 12.6. The maximum Gasteiger partial charge on any atom is 0.356 e. The fourth-order valence-electron chi connectivity index (χ4n) is 4.09. The lowest BCUT2D eigenvalue weighted by Crippen LogP contribution is -2.22. The summed E-state index contributed by atoms with van der Waals surface area (Å²) in [5.41, 5.74) is 7.70. The van der Waals surface area contributed by atoms with Crippen molar-refractivity contribution in [3.8, 4) is 17.1 Å². The van der Waals surface area contributed by atoms with Crippen molar-refractivity contribution in [2.45, 2.75) is 38.1 Å². The minimum atomic E-state index is -0.118. The van der Waals surface area contributed by atoms with Gasteiger partial charge in [-0.25, -0.2) is 0 Å². The van der Waals surface area contributed by atoms with E-state index in [9.17, 15) is 4.79 Å². The van der Waals surface area contributed by atoms with Gasteiger partial charge in [0.2, 0.25) is 0 Å². The van der Waals surface area contributed by atoms with Crippen LogP contribution in [-0.4, -0.2) is 28.8 Å². The largest absolute Gasteiger partial charge is 0.496 e. The Bertz CT molecular complexity index is 928. The second kappa shape index (κ2) is 6.55. The number of hydrogen-bond donors (Lipinski definition) is 2. The summed E-state index contributed by atoms with van der Waals surface area (Å²) < 4.78 is 7.15. The van der Waals surface area contributed by atoms with Gasteiger partial charge in [0.25, 0.3) is 11.4 Å². The van der Waals surface area contributed by atoms with Crippen LogP contribution in [0.2, 0.25) is 0 Å². The number of benzene rings is 1. The molecule has 1 aliphatic heterocycles. The average Bonchev–Trinajstić information content (AvgIpc) is 2.99. The van der Waals surface area contributed by atoms with E-state index in [1.807, 2.05) is 13.1 Å². The predicted molar refractivity (Wildman–Crippen MR) is 98.8 cm³/mol. The van der Waals surface area contributed by atoms with E-state index in [2.05, 4.69) is 4.98 Å². The van der Waals surface area contributed by atoms with Gasteiger partial charge in [-0.3, -0.25) is 9.78 Å². The number of methoxy groups -OCH3 is 1. The van der Waals surface area contributed by atoms with Crippen molar-refractivity contribution in [3.63, 3.8) is 0 Å². The first-order valence-electron chi connectivity index (χ1n) is 9.11. The molecule has 1 aromatic heterocycles. The van der Waals surface area contributed by atoms with E-state index in [0.717, 1.165) is 12.8 Å². The molecule has 1 unspecified atom stereocenters. The van der Waals surface area contributed by atoms with Gasteiger partial charge in [-0.15, -0.1) is 9.81 Å². The number of nitrogens with zero attached hydrogens (tertiary/aromatic N) is 3. The fourth-order valence-corrected chi connectivity index (χ4v) is 4.09. The van der Waals surface area contributed by atoms with Crippen LogP contribution in [0.25, 0.3) is 11.4 Å². The standard InChI is InChI=1S/C19H23N5O2/c1-24-18-15(16(23-24)11-6-4-3-5-7-11)19(25)22-17(21-18)13-9-8-12(20)10-14(13)26-2/h8-11,16H,3-7H2,1-2H3,(H2-,20,21,22,25)/p+1. The number of fused-ring (bicyclic) bond motifs is 1. The summed E-state index contributed by atoms with van der Waals surface area (Å²) in [6.07, 6.45) is 5.93. The van der Waals surface area contributed by atoms with Crippen molar-refractivity contribution in [1.82, 2.24) is 9.97 Å². The van der Waals surface area contributed by atoms with Crippen molar-refractivity contribution in [3.05, 3.63) is 34.1 Å². The molecule has 1 atom stereocenters. The first kappa shape index (κ1) is 16.8. The van der Waals surface area contributed by atoms with Crippen molar-refractivity contribution >= 4 is 11.5 Å². The monoisotopic (exact) mass is 354 g/mol. The number of ether oxygens (including phenoxy) is 1. The van der Waals surface area contributed by atoms with Gasteiger partial charge in [-0.1, -0.05) is 19.3 Å². The number of aromatic nitrogens is 2. The van der Waals surface area contributed by atoms with Gasteiger partial charge in [0.15, 0.2) is 0 Å². The number of nitrogens with one attached hydrogen (secondary N) is 1. The van der Waals surface area contributed by atoms with Gasteiger partial charge in [0.1, 0.15) is 24.4 Å². The van der Waals surface area contributed by atoms with Crippen molar-refractivity contribution in [2.24, 2.45) is 11.0 Å². The summed E-state index contributed by atoms with van der Waals surface area (Å²) in [5.74, 6) is 2.11. The molecule has 4 rings (SSSR count). The molecule has 0 spiro atoms. The quantitative estimate of drug-likeness (QED) is 0.652. The molecule has 1 aliphatic carbocycles. The van der Waals surface area contributed by atoms with Crippen LogP contribution >= 0.6 is 0 Å². The lowest BCUT2D eigenvalue weighted by Gasteiger charge is -2.23. The normalized spacial score (nSPS) is 19.9. The van der Waals surface area contributed by atoms with E-state index in [4.69, 9.17) is 20.6 Å². The third kappa shape index (κ3) is 2.77. The number of aromatic amines is 1. The highest BCUT2D eigenvalue weighted by Gasteiger charge is 2.40. The Morgan fingerprint density at radius 3 is 2.77 bits per heavy atom. The molecule has 1 fully saturated rings. The molecule has 0 bridgehead atoms. The Balaban J connectivity index is 1.79. The van der Waals surface area contributed by atoms with Gasteiger partial charge in [-0.2, -0.15) is 0 Å². The molecule has 0 amide bonds. The third-order valence-corrected chi connectivity index (χ3v) is 5.41. The molecule has 2 heterocycles. The second-order valence-electron chi connectivity index (χ2n) is 7.09. The van der Waals surface area contributed by atoms with Gasteiger partial charge in [0, 0.05) is 11.8 Å². The fraction of sp³-hybridized carbons (Fsp3) is 0.474. The Kier molecular flexibility index (Phi) is 4.22. The minimum Gasteiger partial charge on any atom is -0.496 e. The van der Waals surface area contributed by atoms with E-state index in [1.54, 1.807) is 23.9 Å². The van der Waals surface area contributed by atoms with E-state index in [1.165, 1.54) is 19.3 Å². The van der Waals surface area contributed by atoms with Crippen molar-refractivity contribution in [2.75, 3.05) is 19.9 Å². The number of azo groups is 2. The molecule has 1 saturated carbocycles. The molecule has 0 saturated heterocycles. The smallest absolute Gasteiger partial charge is 0.356 e. The average molecular weight is 354 g/mol. The summed E-state index contributed by atoms with van der Waals surface area (Å²) in [7, 11) is 3.43. The van der Waals surface area contributed by atoms with Crippen LogP contribution in [0, 0.1) is 5.92 Å².